The number of hydrogen-bond donors (Lipinski definition) is 2. The Balaban J connectivity index is 1.15. The molecule has 9 nitrogen and oxygen atoms in total. The molecule has 2 N–H and O–H groups in total. The highest BCUT2D eigenvalue weighted by molar-refractivity contribution is 7.15. The summed E-state index contributed by atoms with van der Waals surface area (Å²) < 4.78 is 0. The van der Waals surface area contributed by atoms with Gasteiger partial charge in [0.15, 0.2) is 5.82 Å². The van der Waals surface area contributed by atoms with Gasteiger partial charge in [0.25, 0.3) is 0 Å². The predicted octanol–water partition coefficient (Wildman–Crippen LogP) is 4.02. The molecular weight excluding hydrogens is 482 g/mol. The Bertz CT molecular complexity index is 1260. The lowest BCUT2D eigenvalue weighted by molar-refractivity contribution is -0.116. The van der Waals surface area contributed by atoms with Gasteiger partial charge in [-0.3, -0.25) is 9.59 Å². The quantitative estimate of drug-likeness (QED) is 0.294. The maximum Gasteiger partial charge on any atom is 0.232 e. The number of hydrogen-bond acceptors (Lipinski definition) is 9. The third kappa shape index (κ3) is 8.01. The Labute approximate surface area is 211 Å². The number of carbonyl (C=O) groups excluding carboxylic acids is 2. The van der Waals surface area contributed by atoms with E-state index in [0.717, 1.165) is 53.2 Å². The zero-order chi connectivity index (χ0) is 24.5. The van der Waals surface area contributed by atoms with Gasteiger partial charge in [0, 0.05) is 11.8 Å². The van der Waals surface area contributed by atoms with Gasteiger partial charge in [-0.1, -0.05) is 41.2 Å². The van der Waals surface area contributed by atoms with Crippen molar-refractivity contribution in [2.75, 3.05) is 10.6 Å². The standard InChI is InChI=1S/C24H25N7O2S2/c1-16-5-4-6-17(11-16)12-21(32)26-20-10-9-18(28-29-20)7-2-3-8-23-30-31-24(35-23)27-22(33)13-19-14-34-15-25-19/h4-6,9-11,14-15H,2-3,7-8,12-13H2,1H3,(H,26,29,32)(H,27,31,33). The average Bonchev–Trinajstić information content (AvgIpc) is 3.50. The number of rotatable bonds is 11. The van der Waals surface area contributed by atoms with Crippen LogP contribution in [0, 0.1) is 6.92 Å². The van der Waals surface area contributed by atoms with Crippen LogP contribution in [0.25, 0.3) is 0 Å². The lowest BCUT2D eigenvalue weighted by Crippen LogP contribution is -2.16. The summed E-state index contributed by atoms with van der Waals surface area (Å²) >= 11 is 2.85. The molecule has 11 heteroatoms. The van der Waals surface area contributed by atoms with Crippen LogP contribution in [0.15, 0.2) is 47.3 Å². The molecule has 0 aliphatic rings. The van der Waals surface area contributed by atoms with E-state index in [0.29, 0.717) is 17.4 Å². The fourth-order valence-corrected chi connectivity index (χ4v) is 4.75. The first-order chi connectivity index (χ1) is 17.0. The lowest BCUT2D eigenvalue weighted by Gasteiger charge is -2.05. The van der Waals surface area contributed by atoms with Crippen LogP contribution < -0.4 is 10.6 Å². The molecule has 0 bridgehead atoms. The summed E-state index contributed by atoms with van der Waals surface area (Å²) in [5.41, 5.74) is 5.41. The van der Waals surface area contributed by atoms with Crippen LogP contribution in [0.1, 0.15) is 40.4 Å². The van der Waals surface area contributed by atoms with E-state index in [-0.39, 0.29) is 18.2 Å². The molecule has 2 amide bonds. The molecular formula is C24H25N7O2S2. The van der Waals surface area contributed by atoms with Gasteiger partial charge in [-0.15, -0.1) is 26.6 Å². The van der Waals surface area contributed by atoms with Gasteiger partial charge in [0.1, 0.15) is 5.01 Å². The highest BCUT2D eigenvalue weighted by Crippen LogP contribution is 2.18. The maximum atomic E-state index is 12.2. The summed E-state index contributed by atoms with van der Waals surface area (Å²) in [6, 6.07) is 11.5. The molecule has 1 aromatic carbocycles. The molecule has 0 radical (unpaired) electrons. The number of carbonyl (C=O) groups is 2. The van der Waals surface area contributed by atoms with Gasteiger partial charge in [-0.2, -0.15) is 5.10 Å². The lowest BCUT2D eigenvalue weighted by atomic mass is 10.1. The van der Waals surface area contributed by atoms with Crippen molar-refractivity contribution in [2.45, 2.75) is 45.4 Å². The van der Waals surface area contributed by atoms with Crippen LogP contribution in [-0.2, 0) is 35.3 Å². The van der Waals surface area contributed by atoms with Gasteiger partial charge < -0.3 is 10.6 Å². The van der Waals surface area contributed by atoms with Crippen LogP contribution in [0.4, 0.5) is 10.9 Å². The minimum Gasteiger partial charge on any atom is -0.309 e. The van der Waals surface area contributed by atoms with E-state index in [9.17, 15) is 9.59 Å². The number of nitrogens with one attached hydrogen (secondary N) is 2. The molecule has 0 fully saturated rings. The number of aryl methyl sites for hydroxylation is 3. The van der Waals surface area contributed by atoms with Crippen LogP contribution >= 0.6 is 22.7 Å². The molecule has 0 spiro atoms. The zero-order valence-electron chi connectivity index (χ0n) is 19.2. The Morgan fingerprint density at radius 1 is 0.886 bits per heavy atom. The smallest absolute Gasteiger partial charge is 0.232 e. The first-order valence-corrected chi connectivity index (χ1v) is 13.0. The second-order valence-electron chi connectivity index (χ2n) is 8.04. The van der Waals surface area contributed by atoms with Crippen LogP contribution in [-0.4, -0.2) is 37.2 Å². The van der Waals surface area contributed by atoms with Crippen molar-refractivity contribution in [3.8, 4) is 0 Å². The number of benzene rings is 1. The molecule has 3 aromatic heterocycles. The molecule has 0 saturated heterocycles. The summed E-state index contributed by atoms with van der Waals surface area (Å²) in [6.07, 6.45) is 3.92. The Morgan fingerprint density at radius 2 is 1.74 bits per heavy atom. The summed E-state index contributed by atoms with van der Waals surface area (Å²) in [7, 11) is 0. The summed E-state index contributed by atoms with van der Waals surface area (Å²) in [6.45, 7) is 2.00. The molecule has 0 unspecified atom stereocenters. The van der Waals surface area contributed by atoms with Crippen molar-refractivity contribution in [1.29, 1.82) is 0 Å². The van der Waals surface area contributed by atoms with E-state index in [1.165, 1.54) is 22.7 Å². The van der Waals surface area contributed by atoms with Crippen molar-refractivity contribution >= 4 is 45.4 Å². The predicted molar refractivity (Wildman–Crippen MR) is 137 cm³/mol. The van der Waals surface area contributed by atoms with E-state index in [1.54, 1.807) is 11.6 Å². The van der Waals surface area contributed by atoms with Gasteiger partial charge in [-0.25, -0.2) is 4.98 Å². The van der Waals surface area contributed by atoms with Crippen molar-refractivity contribution in [3.05, 3.63) is 74.8 Å². The molecule has 3 heterocycles. The first-order valence-electron chi connectivity index (χ1n) is 11.2. The van der Waals surface area contributed by atoms with Crippen LogP contribution in [0.5, 0.6) is 0 Å². The monoisotopic (exact) mass is 507 g/mol. The minimum absolute atomic E-state index is 0.117. The molecule has 35 heavy (non-hydrogen) atoms. The molecule has 0 aliphatic carbocycles. The molecule has 4 rings (SSSR count). The Kier molecular flexibility index (Phi) is 8.58. The number of aromatic nitrogens is 5. The van der Waals surface area contributed by atoms with Gasteiger partial charge in [-0.05, 0) is 43.9 Å². The van der Waals surface area contributed by atoms with Crippen LogP contribution in [0.3, 0.4) is 0 Å². The van der Waals surface area contributed by atoms with E-state index >= 15 is 0 Å². The normalized spacial score (nSPS) is 10.8. The second kappa shape index (κ2) is 12.2. The van der Waals surface area contributed by atoms with Gasteiger partial charge in [0.05, 0.1) is 29.7 Å². The molecule has 0 aliphatic heterocycles. The molecule has 0 saturated carbocycles. The summed E-state index contributed by atoms with van der Waals surface area (Å²) in [4.78, 5) is 28.4. The highest BCUT2D eigenvalue weighted by atomic mass is 32.1. The average molecular weight is 508 g/mol. The van der Waals surface area contributed by atoms with Crippen molar-refractivity contribution in [2.24, 2.45) is 0 Å². The largest absolute Gasteiger partial charge is 0.309 e. The molecule has 0 atom stereocenters. The van der Waals surface area contributed by atoms with Crippen LogP contribution in [0.2, 0.25) is 0 Å². The van der Waals surface area contributed by atoms with E-state index in [2.05, 4.69) is 36.0 Å². The topological polar surface area (TPSA) is 123 Å². The third-order valence-corrected chi connectivity index (χ3v) is 6.58. The number of thiazole rings is 1. The van der Waals surface area contributed by atoms with Crippen molar-refractivity contribution in [1.82, 2.24) is 25.4 Å². The van der Waals surface area contributed by atoms with E-state index < -0.39 is 0 Å². The fourth-order valence-electron chi connectivity index (χ4n) is 3.39. The Morgan fingerprint density at radius 3 is 2.51 bits per heavy atom. The summed E-state index contributed by atoms with van der Waals surface area (Å²) in [5, 5.41) is 25.4. The fraction of sp³-hybridized carbons (Fsp3) is 0.292. The number of amides is 2. The molecule has 4 aromatic rings. The molecule has 180 valence electrons. The zero-order valence-corrected chi connectivity index (χ0v) is 20.9. The minimum atomic E-state index is -0.146. The van der Waals surface area contributed by atoms with Crippen molar-refractivity contribution < 1.29 is 9.59 Å². The summed E-state index contributed by atoms with van der Waals surface area (Å²) in [5.74, 6) is 0.185. The maximum absolute atomic E-state index is 12.2. The SMILES string of the molecule is Cc1cccc(CC(=O)Nc2ccc(CCCCc3nnc(NC(=O)Cc4cscn4)s3)nn2)c1. The van der Waals surface area contributed by atoms with E-state index in [4.69, 9.17) is 0 Å². The number of anilines is 2. The number of unbranched alkanes of at least 4 members (excludes halogenated alkanes) is 1. The first kappa shape index (κ1) is 24.6. The van der Waals surface area contributed by atoms with E-state index in [1.807, 2.05) is 42.6 Å². The van der Waals surface area contributed by atoms with Gasteiger partial charge in [0.2, 0.25) is 16.9 Å². The van der Waals surface area contributed by atoms with Gasteiger partial charge >= 0.3 is 0 Å². The Hall–Kier alpha value is -3.57. The van der Waals surface area contributed by atoms with Crippen molar-refractivity contribution in [3.63, 3.8) is 0 Å². The highest BCUT2D eigenvalue weighted by Gasteiger charge is 2.10. The third-order valence-electron chi connectivity index (χ3n) is 5.05. The second-order valence-corrected chi connectivity index (χ2v) is 9.82. The number of nitrogens with zero attached hydrogens (tertiary/aromatic N) is 5.